The van der Waals surface area contributed by atoms with Crippen LogP contribution in [0.2, 0.25) is 0 Å². The number of carbonyl (C=O) groups excluding carboxylic acids is 1. The van der Waals surface area contributed by atoms with Gasteiger partial charge in [-0.25, -0.2) is 13.8 Å². The van der Waals surface area contributed by atoms with Gasteiger partial charge in [-0.1, -0.05) is 11.3 Å². The summed E-state index contributed by atoms with van der Waals surface area (Å²) in [7, 11) is 0. The maximum absolute atomic E-state index is 13.2. The van der Waals surface area contributed by atoms with Crippen LogP contribution >= 0.6 is 11.3 Å². The van der Waals surface area contributed by atoms with Crippen LogP contribution in [0.5, 0.6) is 0 Å². The largest absolute Gasteiger partial charge is 0.317 e. The summed E-state index contributed by atoms with van der Waals surface area (Å²) in [6.07, 6.45) is 2.98. The third kappa shape index (κ3) is 2.28. The summed E-state index contributed by atoms with van der Waals surface area (Å²) in [4.78, 5) is 16.5. The number of halogens is 2. The smallest absolute Gasteiger partial charge is 0.229 e. The summed E-state index contributed by atoms with van der Waals surface area (Å²) in [5.41, 5.74) is 0.524. The van der Waals surface area contributed by atoms with Crippen LogP contribution in [0.3, 0.4) is 0 Å². The van der Waals surface area contributed by atoms with Crippen molar-refractivity contribution in [1.29, 1.82) is 0 Å². The van der Waals surface area contributed by atoms with Crippen LogP contribution in [0, 0.1) is 23.0 Å². The van der Waals surface area contributed by atoms with Gasteiger partial charge in [0, 0.05) is 12.0 Å². The van der Waals surface area contributed by atoms with Crippen molar-refractivity contribution in [1.82, 2.24) is 10.3 Å². The van der Waals surface area contributed by atoms with E-state index in [9.17, 15) is 13.6 Å². The number of fused-ring (bicyclic) bond motifs is 1. The molecule has 1 aliphatic heterocycles. The molecule has 2 fully saturated rings. The van der Waals surface area contributed by atoms with Gasteiger partial charge in [0.05, 0.1) is 10.2 Å². The number of anilines is 1. The third-order valence-corrected chi connectivity index (χ3v) is 5.70. The molecule has 1 spiro atoms. The van der Waals surface area contributed by atoms with Gasteiger partial charge < -0.3 is 10.6 Å². The molecule has 1 aromatic carbocycles. The normalized spacial score (nSPS) is 22.9. The van der Waals surface area contributed by atoms with Gasteiger partial charge in [-0.05, 0) is 43.8 Å². The van der Waals surface area contributed by atoms with Crippen LogP contribution in [-0.2, 0) is 4.79 Å². The van der Waals surface area contributed by atoms with Crippen molar-refractivity contribution in [2.24, 2.45) is 11.3 Å². The van der Waals surface area contributed by atoms with E-state index in [0.717, 1.165) is 44.5 Å². The molecule has 2 aromatic rings. The lowest BCUT2D eigenvalue weighted by Crippen LogP contribution is -2.31. The molecule has 1 amide bonds. The summed E-state index contributed by atoms with van der Waals surface area (Å²) in [6, 6.07) is 2.17. The zero-order chi connectivity index (χ0) is 15.3. The molecule has 0 bridgehead atoms. The molecule has 1 atom stereocenters. The molecule has 0 radical (unpaired) electrons. The van der Waals surface area contributed by atoms with Crippen molar-refractivity contribution in [3.05, 3.63) is 23.8 Å². The fourth-order valence-electron chi connectivity index (χ4n) is 3.37. The van der Waals surface area contributed by atoms with Crippen LogP contribution < -0.4 is 10.6 Å². The number of benzene rings is 1. The lowest BCUT2D eigenvalue weighted by atomic mass is 9.92. The number of amides is 1. The van der Waals surface area contributed by atoms with E-state index in [1.54, 1.807) is 0 Å². The lowest BCUT2D eigenvalue weighted by Gasteiger charge is -2.22. The third-order valence-electron chi connectivity index (χ3n) is 4.77. The van der Waals surface area contributed by atoms with E-state index in [1.807, 2.05) is 0 Å². The van der Waals surface area contributed by atoms with Crippen LogP contribution in [0.15, 0.2) is 12.1 Å². The van der Waals surface area contributed by atoms with Crippen LogP contribution in [-0.4, -0.2) is 24.0 Å². The molecule has 7 heteroatoms. The molecule has 22 heavy (non-hydrogen) atoms. The maximum atomic E-state index is 13.2. The second kappa shape index (κ2) is 4.96. The zero-order valence-corrected chi connectivity index (χ0v) is 12.6. The van der Waals surface area contributed by atoms with Crippen molar-refractivity contribution >= 4 is 32.6 Å². The molecular weight excluding hydrogens is 308 g/mol. The Labute approximate surface area is 129 Å². The molecule has 4 nitrogen and oxygen atoms in total. The van der Waals surface area contributed by atoms with E-state index in [-0.39, 0.29) is 17.2 Å². The highest BCUT2D eigenvalue weighted by molar-refractivity contribution is 7.22. The highest BCUT2D eigenvalue weighted by atomic mass is 32.1. The van der Waals surface area contributed by atoms with Gasteiger partial charge in [-0.15, -0.1) is 0 Å². The SMILES string of the molecule is O=C(Nc1nc2cc(F)c(F)cc2s1)C1CC12CCNCC2. The van der Waals surface area contributed by atoms with Gasteiger partial charge in [0.2, 0.25) is 5.91 Å². The van der Waals surface area contributed by atoms with Gasteiger partial charge in [-0.3, -0.25) is 4.79 Å². The molecule has 1 saturated carbocycles. The summed E-state index contributed by atoms with van der Waals surface area (Å²) >= 11 is 1.17. The molecule has 2 N–H and O–H groups in total. The minimum absolute atomic E-state index is 0.0260. The van der Waals surface area contributed by atoms with Crippen LogP contribution in [0.25, 0.3) is 10.2 Å². The monoisotopic (exact) mass is 323 g/mol. The summed E-state index contributed by atoms with van der Waals surface area (Å²) in [6.45, 7) is 1.92. The predicted octanol–water partition coefficient (Wildman–Crippen LogP) is 2.90. The summed E-state index contributed by atoms with van der Waals surface area (Å²) in [5.74, 6) is -1.81. The van der Waals surface area contributed by atoms with E-state index in [2.05, 4.69) is 15.6 Å². The lowest BCUT2D eigenvalue weighted by molar-refractivity contribution is -0.118. The fourth-order valence-corrected chi connectivity index (χ4v) is 4.24. The number of piperidine rings is 1. The van der Waals surface area contributed by atoms with Gasteiger partial charge in [0.1, 0.15) is 0 Å². The predicted molar refractivity (Wildman–Crippen MR) is 80.8 cm³/mol. The number of nitrogens with one attached hydrogen (secondary N) is 2. The minimum atomic E-state index is -0.925. The fraction of sp³-hybridized carbons (Fsp3) is 0.467. The quantitative estimate of drug-likeness (QED) is 0.893. The minimum Gasteiger partial charge on any atom is -0.317 e. The summed E-state index contributed by atoms with van der Waals surface area (Å²) in [5, 5.41) is 6.52. The average molecular weight is 323 g/mol. The standard InChI is InChI=1S/C15H15F2N3OS/c16-9-5-11-12(6-10(9)17)22-14(19-11)20-13(21)8-7-15(8)1-3-18-4-2-15/h5-6,8,18H,1-4,7H2,(H,19,20,21). The second-order valence-corrected chi connectivity index (χ2v) is 7.14. The van der Waals surface area contributed by atoms with Gasteiger partial charge >= 0.3 is 0 Å². The topological polar surface area (TPSA) is 54.0 Å². The number of thiazole rings is 1. The molecule has 4 rings (SSSR count). The van der Waals surface area contributed by atoms with E-state index in [1.165, 1.54) is 11.3 Å². The van der Waals surface area contributed by atoms with Crippen LogP contribution in [0.1, 0.15) is 19.3 Å². The Kier molecular flexibility index (Phi) is 3.16. The summed E-state index contributed by atoms with van der Waals surface area (Å²) < 4.78 is 26.9. The van der Waals surface area contributed by atoms with Crippen molar-refractivity contribution < 1.29 is 13.6 Å². The highest BCUT2D eigenvalue weighted by Gasteiger charge is 2.57. The number of aromatic nitrogens is 1. The molecule has 2 aliphatic rings. The van der Waals surface area contributed by atoms with Gasteiger partial charge in [0.15, 0.2) is 16.8 Å². The van der Waals surface area contributed by atoms with Crippen molar-refractivity contribution in [3.8, 4) is 0 Å². The highest BCUT2D eigenvalue weighted by Crippen LogP contribution is 2.58. The van der Waals surface area contributed by atoms with E-state index in [0.29, 0.717) is 15.3 Å². The molecule has 116 valence electrons. The molecule has 1 aromatic heterocycles. The average Bonchev–Trinajstić information content (AvgIpc) is 3.04. The van der Waals surface area contributed by atoms with E-state index in [4.69, 9.17) is 0 Å². The van der Waals surface area contributed by atoms with Crippen molar-refractivity contribution in [2.45, 2.75) is 19.3 Å². The maximum Gasteiger partial charge on any atom is 0.229 e. The molecule has 2 heterocycles. The van der Waals surface area contributed by atoms with E-state index >= 15 is 0 Å². The van der Waals surface area contributed by atoms with E-state index < -0.39 is 11.6 Å². The number of nitrogens with zero attached hydrogens (tertiary/aromatic N) is 1. The van der Waals surface area contributed by atoms with Crippen molar-refractivity contribution in [2.75, 3.05) is 18.4 Å². The first-order chi connectivity index (χ1) is 10.6. The molecule has 1 saturated heterocycles. The molecule has 1 unspecified atom stereocenters. The first-order valence-corrected chi connectivity index (χ1v) is 8.16. The Balaban J connectivity index is 1.50. The zero-order valence-electron chi connectivity index (χ0n) is 11.8. The second-order valence-electron chi connectivity index (χ2n) is 6.11. The Morgan fingerprint density at radius 1 is 1.32 bits per heavy atom. The Hall–Kier alpha value is -1.60. The van der Waals surface area contributed by atoms with Crippen molar-refractivity contribution in [3.63, 3.8) is 0 Å². The Morgan fingerprint density at radius 3 is 2.82 bits per heavy atom. The number of carbonyl (C=O) groups is 1. The molecule has 1 aliphatic carbocycles. The Morgan fingerprint density at radius 2 is 2.05 bits per heavy atom. The molecular formula is C15H15F2N3OS. The number of hydrogen-bond acceptors (Lipinski definition) is 4. The van der Waals surface area contributed by atoms with Gasteiger partial charge in [0.25, 0.3) is 0 Å². The number of rotatable bonds is 2. The number of hydrogen-bond donors (Lipinski definition) is 2. The van der Waals surface area contributed by atoms with Gasteiger partial charge in [-0.2, -0.15) is 0 Å². The first kappa shape index (κ1) is 14.0. The van der Waals surface area contributed by atoms with Crippen LogP contribution in [0.4, 0.5) is 13.9 Å². The first-order valence-electron chi connectivity index (χ1n) is 7.35. The Bertz CT molecular complexity index is 716.